The second-order valence-corrected chi connectivity index (χ2v) is 1.10. The molecule has 0 heterocycles. The molecule has 0 aliphatic carbocycles. The number of nitrogens with one attached hydrogen (secondary N) is 2. The number of hydrogen-bond acceptors (Lipinski definition) is 7. The van der Waals surface area contributed by atoms with Crippen molar-refractivity contribution in [2.45, 2.75) is 0 Å². The summed E-state index contributed by atoms with van der Waals surface area (Å²) in [7, 11) is 1.61. The largest absolute Gasteiger partial charge is 0.240 e. The molecule has 0 saturated heterocycles. The van der Waals surface area contributed by atoms with Gasteiger partial charge in [0.2, 0.25) is 0 Å². The zero-order valence-corrected chi connectivity index (χ0v) is 4.63. The normalized spacial score (nSPS) is 11.2. The Morgan fingerprint density at radius 2 is 1.75 bits per heavy atom. The van der Waals surface area contributed by atoms with Crippen molar-refractivity contribution in [3.05, 3.63) is 0 Å². The second-order valence-electron chi connectivity index (χ2n) is 1.10. The number of nitrogens with two attached hydrogens (primary N) is 3. The maximum absolute atomic E-state index is 5.08. The summed E-state index contributed by atoms with van der Waals surface area (Å²) in [4.78, 5) is 0. The van der Waals surface area contributed by atoms with Gasteiger partial charge in [0.25, 0.3) is 0 Å². The minimum absolute atomic E-state index is 0.719. The fraction of sp³-hybridized carbons (Fsp3) is 1.00. The molecule has 0 radical (unpaired) electrons. The van der Waals surface area contributed by atoms with E-state index in [9.17, 15) is 0 Å². The highest BCUT2D eigenvalue weighted by molar-refractivity contribution is 4.12. The van der Waals surface area contributed by atoms with E-state index in [2.05, 4.69) is 11.0 Å². The van der Waals surface area contributed by atoms with E-state index in [4.69, 9.17) is 17.5 Å². The predicted octanol–water partition coefficient (Wildman–Crippen LogP) is -3.23. The van der Waals surface area contributed by atoms with E-state index >= 15 is 0 Å². The van der Waals surface area contributed by atoms with Crippen molar-refractivity contribution >= 4 is 0 Å². The van der Waals surface area contributed by atoms with Crippen molar-refractivity contribution in [2.24, 2.45) is 17.5 Å². The summed E-state index contributed by atoms with van der Waals surface area (Å²) in [6.07, 6.45) is 0. The van der Waals surface area contributed by atoms with Crippen molar-refractivity contribution in [3.63, 3.8) is 0 Å². The topological polar surface area (TPSA) is 109 Å². The van der Waals surface area contributed by atoms with Gasteiger partial charge in [-0.1, -0.05) is 5.23 Å². The van der Waals surface area contributed by atoms with E-state index in [0.29, 0.717) is 0 Å². The van der Waals surface area contributed by atoms with Crippen LogP contribution in [-0.2, 0) is 0 Å². The molecule has 7 heteroatoms. The molecule has 0 spiro atoms. The van der Waals surface area contributed by atoms with E-state index in [1.165, 1.54) is 0 Å². The van der Waals surface area contributed by atoms with Gasteiger partial charge in [0.05, 0.1) is 0 Å². The first-order chi connectivity index (χ1) is 3.66. The third kappa shape index (κ3) is 3.89. The highest BCUT2D eigenvalue weighted by Crippen LogP contribution is 1.51. The van der Waals surface area contributed by atoms with Crippen LogP contribution in [0.15, 0.2) is 0 Å². The van der Waals surface area contributed by atoms with Gasteiger partial charge in [0, 0.05) is 7.05 Å². The molecular weight excluding hydrogens is 110 g/mol. The first-order valence-corrected chi connectivity index (χ1v) is 1.95. The molecule has 0 aromatic heterocycles. The molecule has 0 unspecified atom stereocenters. The van der Waals surface area contributed by atoms with Crippen LogP contribution >= 0.6 is 0 Å². The van der Waals surface area contributed by atoms with Crippen LogP contribution in [0.3, 0.4) is 0 Å². The minimum Gasteiger partial charge on any atom is -0.240 e. The number of hydrogen-bond donors (Lipinski definition) is 5. The maximum atomic E-state index is 5.08. The van der Waals surface area contributed by atoms with Crippen molar-refractivity contribution in [1.29, 1.82) is 0 Å². The molecule has 0 aromatic rings. The number of rotatable bonds is 3. The van der Waals surface area contributed by atoms with Gasteiger partial charge >= 0.3 is 0 Å². The van der Waals surface area contributed by atoms with E-state index in [-0.39, 0.29) is 0 Å². The van der Waals surface area contributed by atoms with E-state index < -0.39 is 0 Å². The Morgan fingerprint density at radius 3 is 1.88 bits per heavy atom. The van der Waals surface area contributed by atoms with Crippen LogP contribution in [0, 0.1) is 0 Å². The lowest BCUT2D eigenvalue weighted by atomic mass is 11.5. The van der Waals surface area contributed by atoms with E-state index in [1.54, 1.807) is 7.05 Å². The first-order valence-electron chi connectivity index (χ1n) is 1.95. The van der Waals surface area contributed by atoms with Crippen LogP contribution in [0.25, 0.3) is 0 Å². The zero-order valence-electron chi connectivity index (χ0n) is 4.63. The molecule has 0 atom stereocenters. The Bertz CT molecular complexity index is 50.3. The van der Waals surface area contributed by atoms with Crippen LogP contribution in [0.1, 0.15) is 0 Å². The maximum Gasteiger partial charge on any atom is 0.00151 e. The standard InChI is InChI=1S/CH11N7/c1-5-8(4)6-7(2)3/h5-6H,2-4H2,1H3. The Balaban J connectivity index is 3.10. The van der Waals surface area contributed by atoms with Crippen molar-refractivity contribution in [3.8, 4) is 0 Å². The fourth-order valence-electron chi connectivity index (χ4n) is 0.174. The van der Waals surface area contributed by atoms with Gasteiger partial charge < -0.3 is 0 Å². The van der Waals surface area contributed by atoms with Crippen LogP contribution in [0.4, 0.5) is 0 Å². The van der Waals surface area contributed by atoms with Gasteiger partial charge in [-0.25, -0.2) is 23.0 Å². The van der Waals surface area contributed by atoms with Crippen molar-refractivity contribution in [2.75, 3.05) is 7.05 Å². The molecule has 7 nitrogen and oxygen atoms in total. The Labute approximate surface area is 47.2 Å². The van der Waals surface area contributed by atoms with Gasteiger partial charge in [-0.05, 0) is 0 Å². The van der Waals surface area contributed by atoms with Crippen LogP contribution in [-0.4, -0.2) is 17.5 Å². The van der Waals surface area contributed by atoms with Crippen molar-refractivity contribution < 1.29 is 0 Å². The van der Waals surface area contributed by atoms with E-state index in [1.807, 2.05) is 0 Å². The highest BCUT2D eigenvalue weighted by atomic mass is 16.0. The predicted molar refractivity (Wildman–Crippen MR) is 28.4 cm³/mol. The van der Waals surface area contributed by atoms with Crippen molar-refractivity contribution in [1.82, 2.24) is 21.4 Å². The molecule has 0 aliphatic rings. The third-order valence-corrected chi connectivity index (χ3v) is 0.464. The SMILES string of the molecule is CNN(N)NN(N)N. The molecule has 0 amide bonds. The van der Waals surface area contributed by atoms with Gasteiger partial charge in [-0.15, -0.1) is 10.8 Å². The summed E-state index contributed by atoms with van der Waals surface area (Å²) < 4.78 is 0. The quantitative estimate of drug-likeness (QED) is 0.197. The summed E-state index contributed by atoms with van der Waals surface area (Å²) in [6, 6.07) is 0. The average molecular weight is 121 g/mol. The van der Waals surface area contributed by atoms with Crippen LogP contribution < -0.4 is 28.5 Å². The minimum atomic E-state index is 0.719. The lowest BCUT2D eigenvalue weighted by molar-refractivity contribution is -0.0116. The summed E-state index contributed by atoms with van der Waals surface area (Å²) in [5, 5.41) is 1.72. The molecule has 50 valence electrons. The molecule has 0 aromatic carbocycles. The smallest absolute Gasteiger partial charge is 0.00151 e. The summed E-state index contributed by atoms with van der Waals surface area (Å²) in [5.41, 5.74) is 4.78. The summed E-state index contributed by atoms with van der Waals surface area (Å²) in [6.45, 7) is 0. The molecule has 8 N–H and O–H groups in total. The molecule has 0 saturated carbocycles. The summed E-state index contributed by atoms with van der Waals surface area (Å²) in [5.74, 6) is 14.9. The Hall–Kier alpha value is -0.280. The number of hydrazine groups is 6. The third-order valence-electron chi connectivity index (χ3n) is 0.464. The van der Waals surface area contributed by atoms with Crippen LogP contribution in [0.5, 0.6) is 0 Å². The first kappa shape index (κ1) is 7.72. The molecule has 0 bridgehead atoms. The fourth-order valence-corrected chi connectivity index (χ4v) is 0.174. The Kier molecular flexibility index (Phi) is 3.56. The van der Waals surface area contributed by atoms with Gasteiger partial charge in [-0.3, -0.25) is 0 Å². The molecule has 0 aliphatic heterocycles. The van der Waals surface area contributed by atoms with Gasteiger partial charge in [0.15, 0.2) is 0 Å². The zero-order chi connectivity index (χ0) is 6.57. The molecule has 0 rings (SSSR count). The highest BCUT2D eigenvalue weighted by Gasteiger charge is 1.91. The lowest BCUT2D eigenvalue weighted by Gasteiger charge is -2.18. The van der Waals surface area contributed by atoms with Crippen LogP contribution in [0.2, 0.25) is 0 Å². The molecular formula is CH11N7. The number of nitrogens with zero attached hydrogens (tertiary/aromatic N) is 2. The molecule has 0 fully saturated rings. The lowest BCUT2D eigenvalue weighted by Crippen LogP contribution is -2.63. The summed E-state index contributed by atoms with van der Waals surface area (Å²) >= 11 is 0. The van der Waals surface area contributed by atoms with Gasteiger partial charge in [-0.2, -0.15) is 0 Å². The second kappa shape index (κ2) is 3.69. The van der Waals surface area contributed by atoms with E-state index in [0.717, 1.165) is 10.5 Å². The van der Waals surface area contributed by atoms with Gasteiger partial charge in [0.1, 0.15) is 0 Å². The Morgan fingerprint density at radius 1 is 1.25 bits per heavy atom. The molecule has 8 heavy (non-hydrogen) atoms. The monoisotopic (exact) mass is 121 g/mol. The average Bonchev–Trinajstić information content (AvgIpc) is 1.65.